The molecule has 5 nitrogen and oxygen atoms in total. The number of benzene rings is 2. The third-order valence-electron chi connectivity index (χ3n) is 3.34. The molecule has 5 heteroatoms. The van der Waals surface area contributed by atoms with Gasteiger partial charge in [-0.3, -0.25) is 4.79 Å². The van der Waals surface area contributed by atoms with Gasteiger partial charge in [0.15, 0.2) is 6.61 Å². The van der Waals surface area contributed by atoms with Crippen LogP contribution in [0.3, 0.4) is 0 Å². The van der Waals surface area contributed by atoms with Crippen molar-refractivity contribution in [2.24, 2.45) is 0 Å². The van der Waals surface area contributed by atoms with Gasteiger partial charge in [-0.05, 0) is 42.3 Å². The Labute approximate surface area is 136 Å². The van der Waals surface area contributed by atoms with Gasteiger partial charge in [0.2, 0.25) is 0 Å². The van der Waals surface area contributed by atoms with Gasteiger partial charge in [-0.25, -0.2) is 0 Å². The third-order valence-corrected chi connectivity index (χ3v) is 3.34. The van der Waals surface area contributed by atoms with E-state index in [1.165, 1.54) is 0 Å². The van der Waals surface area contributed by atoms with Crippen LogP contribution in [-0.4, -0.2) is 33.3 Å². The standard InChI is InChI=1S/C18H21NO4/c1-21-15-7-9-16(10-8-15)23-13-18(20)19-12-11-14-5-3-4-6-17(14)22-2/h3-10H,11-13H2,1-2H3,(H,19,20). The molecule has 0 unspecified atom stereocenters. The van der Waals surface area contributed by atoms with Crippen molar-refractivity contribution in [2.75, 3.05) is 27.4 Å². The first-order valence-electron chi connectivity index (χ1n) is 7.38. The average Bonchev–Trinajstić information content (AvgIpc) is 2.61. The molecular weight excluding hydrogens is 294 g/mol. The molecule has 0 heterocycles. The zero-order chi connectivity index (χ0) is 16.5. The Morgan fingerprint density at radius 3 is 2.35 bits per heavy atom. The van der Waals surface area contributed by atoms with E-state index in [1.54, 1.807) is 38.5 Å². The smallest absolute Gasteiger partial charge is 0.257 e. The van der Waals surface area contributed by atoms with Crippen molar-refractivity contribution in [3.8, 4) is 17.2 Å². The number of hydrogen-bond acceptors (Lipinski definition) is 4. The fourth-order valence-electron chi connectivity index (χ4n) is 2.12. The van der Waals surface area contributed by atoms with Gasteiger partial charge in [0.1, 0.15) is 17.2 Å². The summed E-state index contributed by atoms with van der Waals surface area (Å²) in [6.45, 7) is 0.517. The number of ether oxygens (including phenoxy) is 3. The maximum atomic E-state index is 11.8. The Morgan fingerprint density at radius 1 is 0.957 bits per heavy atom. The Balaban J connectivity index is 1.72. The average molecular weight is 315 g/mol. The first-order valence-corrected chi connectivity index (χ1v) is 7.38. The minimum atomic E-state index is -0.157. The highest BCUT2D eigenvalue weighted by Crippen LogP contribution is 2.18. The summed E-state index contributed by atoms with van der Waals surface area (Å²) >= 11 is 0. The molecule has 0 atom stereocenters. The quantitative estimate of drug-likeness (QED) is 0.813. The summed E-state index contributed by atoms with van der Waals surface area (Å²) in [5, 5.41) is 2.83. The van der Waals surface area contributed by atoms with E-state index in [9.17, 15) is 4.79 Å². The summed E-state index contributed by atoms with van der Waals surface area (Å²) in [4.78, 5) is 11.8. The zero-order valence-electron chi connectivity index (χ0n) is 13.4. The molecule has 0 fully saturated rings. The van der Waals surface area contributed by atoms with E-state index in [1.807, 2.05) is 24.3 Å². The second kappa shape index (κ2) is 8.68. The van der Waals surface area contributed by atoms with Crippen LogP contribution in [0.2, 0.25) is 0 Å². The lowest BCUT2D eigenvalue weighted by Crippen LogP contribution is -2.30. The highest BCUT2D eigenvalue weighted by atomic mass is 16.5. The van der Waals surface area contributed by atoms with Gasteiger partial charge in [0.25, 0.3) is 5.91 Å². The van der Waals surface area contributed by atoms with Crippen LogP contribution in [0.25, 0.3) is 0 Å². The molecule has 0 saturated heterocycles. The summed E-state index contributed by atoms with van der Waals surface area (Å²) in [6, 6.07) is 14.9. The van der Waals surface area contributed by atoms with E-state index < -0.39 is 0 Å². The molecule has 0 aliphatic heterocycles. The van der Waals surface area contributed by atoms with Gasteiger partial charge >= 0.3 is 0 Å². The van der Waals surface area contributed by atoms with E-state index >= 15 is 0 Å². The number of nitrogens with one attached hydrogen (secondary N) is 1. The van der Waals surface area contributed by atoms with Gasteiger partial charge in [0.05, 0.1) is 14.2 Å². The molecule has 2 aromatic carbocycles. The van der Waals surface area contributed by atoms with Gasteiger partial charge in [-0.1, -0.05) is 18.2 Å². The topological polar surface area (TPSA) is 56.8 Å². The molecule has 0 spiro atoms. The Morgan fingerprint density at radius 2 is 1.65 bits per heavy atom. The lowest BCUT2D eigenvalue weighted by atomic mass is 10.1. The normalized spacial score (nSPS) is 10.0. The number of methoxy groups -OCH3 is 2. The molecule has 1 amide bonds. The predicted molar refractivity (Wildman–Crippen MR) is 88.2 cm³/mol. The molecule has 0 aliphatic rings. The molecular formula is C18H21NO4. The second-order valence-electron chi connectivity index (χ2n) is 4.88. The molecule has 0 aliphatic carbocycles. The van der Waals surface area contributed by atoms with E-state index in [-0.39, 0.29) is 12.5 Å². The number of amides is 1. The number of hydrogen-bond donors (Lipinski definition) is 1. The Hall–Kier alpha value is -2.69. The Bertz CT molecular complexity index is 625. The van der Waals surface area contributed by atoms with Crippen molar-refractivity contribution in [1.82, 2.24) is 5.32 Å². The minimum absolute atomic E-state index is 0.0156. The van der Waals surface area contributed by atoms with Crippen molar-refractivity contribution >= 4 is 5.91 Å². The fourth-order valence-corrected chi connectivity index (χ4v) is 2.12. The number of para-hydroxylation sites is 1. The van der Waals surface area contributed by atoms with Crippen molar-refractivity contribution in [2.45, 2.75) is 6.42 Å². The molecule has 0 saturated carbocycles. The molecule has 2 aromatic rings. The highest BCUT2D eigenvalue weighted by molar-refractivity contribution is 5.77. The molecule has 1 N–H and O–H groups in total. The Kier molecular flexibility index (Phi) is 6.29. The van der Waals surface area contributed by atoms with Crippen LogP contribution in [0.5, 0.6) is 17.2 Å². The van der Waals surface area contributed by atoms with Crippen LogP contribution in [0.15, 0.2) is 48.5 Å². The molecule has 122 valence electrons. The summed E-state index contributed by atoms with van der Waals surface area (Å²) in [7, 11) is 3.24. The molecule has 2 rings (SSSR count). The van der Waals surface area contributed by atoms with Crippen LogP contribution in [0.1, 0.15) is 5.56 Å². The monoisotopic (exact) mass is 315 g/mol. The first-order chi connectivity index (χ1) is 11.2. The summed E-state index contributed by atoms with van der Waals surface area (Å²) in [6.07, 6.45) is 0.707. The van der Waals surface area contributed by atoms with Gasteiger partial charge in [-0.2, -0.15) is 0 Å². The van der Waals surface area contributed by atoms with Crippen LogP contribution in [-0.2, 0) is 11.2 Å². The largest absolute Gasteiger partial charge is 0.497 e. The van der Waals surface area contributed by atoms with Gasteiger partial charge < -0.3 is 19.5 Å². The van der Waals surface area contributed by atoms with E-state index in [2.05, 4.69) is 5.32 Å². The maximum absolute atomic E-state index is 11.8. The summed E-state index contributed by atoms with van der Waals surface area (Å²) < 4.78 is 15.8. The van der Waals surface area contributed by atoms with E-state index in [4.69, 9.17) is 14.2 Å². The van der Waals surface area contributed by atoms with Crippen LogP contribution in [0.4, 0.5) is 0 Å². The third kappa shape index (κ3) is 5.21. The van der Waals surface area contributed by atoms with Crippen molar-refractivity contribution in [3.63, 3.8) is 0 Å². The number of carbonyl (C=O) groups is 1. The fraction of sp³-hybridized carbons (Fsp3) is 0.278. The van der Waals surface area contributed by atoms with E-state index in [0.717, 1.165) is 17.1 Å². The first kappa shape index (κ1) is 16.7. The lowest BCUT2D eigenvalue weighted by molar-refractivity contribution is -0.123. The summed E-state index contributed by atoms with van der Waals surface area (Å²) in [5.41, 5.74) is 1.06. The van der Waals surface area contributed by atoms with Crippen molar-refractivity contribution in [1.29, 1.82) is 0 Å². The van der Waals surface area contributed by atoms with Crippen molar-refractivity contribution < 1.29 is 19.0 Å². The molecule has 23 heavy (non-hydrogen) atoms. The maximum Gasteiger partial charge on any atom is 0.257 e. The number of rotatable bonds is 8. The second-order valence-corrected chi connectivity index (χ2v) is 4.88. The molecule has 0 bridgehead atoms. The lowest BCUT2D eigenvalue weighted by Gasteiger charge is -2.10. The zero-order valence-corrected chi connectivity index (χ0v) is 13.4. The molecule has 0 radical (unpaired) electrons. The predicted octanol–water partition coefficient (Wildman–Crippen LogP) is 2.44. The van der Waals surface area contributed by atoms with Crippen LogP contribution < -0.4 is 19.5 Å². The van der Waals surface area contributed by atoms with Gasteiger partial charge in [-0.15, -0.1) is 0 Å². The summed E-state index contributed by atoms with van der Waals surface area (Å²) in [5.74, 6) is 2.05. The van der Waals surface area contributed by atoms with Crippen molar-refractivity contribution in [3.05, 3.63) is 54.1 Å². The molecule has 0 aromatic heterocycles. The minimum Gasteiger partial charge on any atom is -0.497 e. The SMILES string of the molecule is COc1ccc(OCC(=O)NCCc2ccccc2OC)cc1. The number of carbonyl (C=O) groups excluding carboxylic acids is 1. The van der Waals surface area contributed by atoms with Crippen LogP contribution >= 0.6 is 0 Å². The van der Waals surface area contributed by atoms with Crippen LogP contribution in [0, 0.1) is 0 Å². The van der Waals surface area contributed by atoms with E-state index in [0.29, 0.717) is 18.7 Å². The van der Waals surface area contributed by atoms with Gasteiger partial charge in [0, 0.05) is 6.54 Å². The highest BCUT2D eigenvalue weighted by Gasteiger charge is 2.05.